The summed E-state index contributed by atoms with van der Waals surface area (Å²) in [5, 5.41) is 3.43. The number of nitrogens with zero attached hydrogens (tertiary/aromatic N) is 2. The van der Waals surface area contributed by atoms with Crippen LogP contribution in [0.3, 0.4) is 0 Å². The van der Waals surface area contributed by atoms with Crippen LogP contribution in [-0.4, -0.2) is 36.3 Å². The van der Waals surface area contributed by atoms with Crippen LogP contribution in [-0.2, 0) is 21.4 Å². The Morgan fingerprint density at radius 3 is 2.50 bits per heavy atom. The number of piperidine rings is 1. The Bertz CT molecular complexity index is 1320. The average molecular weight is 454 g/mol. The highest BCUT2D eigenvalue weighted by Gasteiger charge is 2.28. The second-order valence-electron chi connectivity index (χ2n) is 8.43. The van der Waals surface area contributed by atoms with E-state index in [2.05, 4.69) is 12.2 Å². The summed E-state index contributed by atoms with van der Waals surface area (Å²) in [6.07, 6.45) is 1.70. The molecule has 1 fully saturated rings. The summed E-state index contributed by atoms with van der Waals surface area (Å²) in [4.78, 5) is 25.3. The Kier molecular flexibility index (Phi) is 6.17. The zero-order valence-corrected chi connectivity index (χ0v) is 19.1. The van der Waals surface area contributed by atoms with Crippen molar-refractivity contribution in [1.29, 1.82) is 0 Å². The van der Waals surface area contributed by atoms with Crippen molar-refractivity contribution < 1.29 is 13.2 Å². The van der Waals surface area contributed by atoms with Crippen molar-refractivity contribution >= 4 is 32.5 Å². The normalized spacial score (nSPS) is 15.7. The number of sulfonamides is 1. The summed E-state index contributed by atoms with van der Waals surface area (Å²) in [5.41, 5.74) is 1.81. The first-order valence-electron chi connectivity index (χ1n) is 10.7. The Hall–Kier alpha value is -2.97. The molecule has 0 saturated carbocycles. The number of carbonyl (C=O) groups excluding carboxylic acids is 1. The Balaban J connectivity index is 1.62. The zero-order valence-electron chi connectivity index (χ0n) is 18.2. The maximum atomic E-state index is 13.1. The van der Waals surface area contributed by atoms with Crippen molar-refractivity contribution in [2.24, 2.45) is 5.92 Å². The number of hydrogen-bond donors (Lipinski definition) is 1. The van der Waals surface area contributed by atoms with Gasteiger partial charge < -0.3 is 5.32 Å². The van der Waals surface area contributed by atoms with E-state index in [0.29, 0.717) is 35.6 Å². The van der Waals surface area contributed by atoms with Crippen LogP contribution >= 0.6 is 0 Å². The van der Waals surface area contributed by atoms with Gasteiger partial charge in [-0.2, -0.15) is 4.31 Å². The van der Waals surface area contributed by atoms with Crippen molar-refractivity contribution in [3.63, 3.8) is 0 Å². The molecule has 1 amide bonds. The fourth-order valence-electron chi connectivity index (χ4n) is 4.03. The molecule has 1 aliphatic heterocycles. The predicted molar refractivity (Wildman–Crippen MR) is 125 cm³/mol. The molecule has 1 aromatic heterocycles. The highest BCUT2D eigenvalue weighted by Crippen LogP contribution is 2.25. The van der Waals surface area contributed by atoms with Gasteiger partial charge in [0.2, 0.25) is 15.9 Å². The summed E-state index contributed by atoms with van der Waals surface area (Å²) >= 11 is 0. The Morgan fingerprint density at radius 1 is 1.06 bits per heavy atom. The van der Waals surface area contributed by atoms with Crippen LogP contribution in [0.4, 0.5) is 5.69 Å². The minimum absolute atomic E-state index is 0.166. The average Bonchev–Trinajstić information content (AvgIpc) is 2.77. The van der Waals surface area contributed by atoms with Crippen molar-refractivity contribution in [1.82, 2.24) is 8.87 Å². The predicted octanol–water partition coefficient (Wildman–Crippen LogP) is 3.37. The maximum absolute atomic E-state index is 13.1. The molecule has 168 valence electrons. The molecule has 32 heavy (non-hydrogen) atoms. The minimum atomic E-state index is -3.60. The van der Waals surface area contributed by atoms with Crippen LogP contribution in [0.25, 0.3) is 10.9 Å². The molecule has 1 N–H and O–H groups in total. The molecule has 7 nitrogen and oxygen atoms in total. The van der Waals surface area contributed by atoms with E-state index in [0.717, 1.165) is 18.4 Å². The first-order chi connectivity index (χ1) is 15.3. The van der Waals surface area contributed by atoms with Crippen molar-refractivity contribution in [3.8, 4) is 0 Å². The molecule has 4 rings (SSSR count). The zero-order chi connectivity index (χ0) is 22.9. The van der Waals surface area contributed by atoms with E-state index in [1.54, 1.807) is 24.3 Å². The number of aromatic nitrogens is 1. The number of benzene rings is 2. The van der Waals surface area contributed by atoms with Crippen molar-refractivity contribution in [2.45, 2.75) is 38.1 Å². The van der Waals surface area contributed by atoms with E-state index < -0.39 is 10.0 Å². The number of rotatable bonds is 5. The molecular formula is C24H27N3O4S. The molecule has 2 aromatic carbocycles. The van der Waals surface area contributed by atoms with Gasteiger partial charge in [0.15, 0.2) is 0 Å². The fourth-order valence-corrected chi connectivity index (χ4v) is 5.53. The number of pyridine rings is 1. The first kappa shape index (κ1) is 22.2. The lowest BCUT2D eigenvalue weighted by molar-refractivity contribution is -0.116. The quantitative estimate of drug-likeness (QED) is 0.642. The summed E-state index contributed by atoms with van der Waals surface area (Å²) in [7, 11) is -3.60. The fraction of sp³-hybridized carbons (Fsp3) is 0.333. The number of aryl methyl sites for hydroxylation is 1. The summed E-state index contributed by atoms with van der Waals surface area (Å²) < 4.78 is 29.1. The van der Waals surface area contributed by atoms with E-state index in [4.69, 9.17) is 0 Å². The minimum Gasteiger partial charge on any atom is -0.324 e. The van der Waals surface area contributed by atoms with Gasteiger partial charge >= 0.3 is 0 Å². The summed E-state index contributed by atoms with van der Waals surface area (Å²) in [5.74, 6) is 0.200. The van der Waals surface area contributed by atoms with Crippen LogP contribution in [0.15, 0.2) is 64.3 Å². The smallest absolute Gasteiger partial charge is 0.251 e. The molecule has 0 aliphatic carbocycles. The second-order valence-corrected chi connectivity index (χ2v) is 10.4. The lowest BCUT2D eigenvalue weighted by atomic mass is 10.0. The van der Waals surface area contributed by atoms with Gasteiger partial charge in [-0.1, -0.05) is 25.1 Å². The van der Waals surface area contributed by atoms with Gasteiger partial charge in [-0.25, -0.2) is 8.42 Å². The molecular weight excluding hydrogens is 426 g/mol. The summed E-state index contributed by atoms with van der Waals surface area (Å²) in [6.45, 7) is 4.89. The molecule has 1 saturated heterocycles. The lowest BCUT2D eigenvalue weighted by Crippen LogP contribution is -2.37. The number of amides is 1. The van der Waals surface area contributed by atoms with Gasteiger partial charge in [0.25, 0.3) is 5.56 Å². The van der Waals surface area contributed by atoms with Crippen LogP contribution in [0, 0.1) is 12.8 Å². The van der Waals surface area contributed by atoms with Crippen LogP contribution in [0.5, 0.6) is 0 Å². The van der Waals surface area contributed by atoms with Crippen molar-refractivity contribution in [2.75, 3.05) is 18.4 Å². The number of nitrogens with one attached hydrogen (secondary N) is 1. The third kappa shape index (κ3) is 4.47. The largest absolute Gasteiger partial charge is 0.324 e. The third-order valence-corrected chi connectivity index (χ3v) is 7.96. The standard InChI is InChI=1S/C24H27N3O4S/c1-17-11-13-26(14-12-17)32(30,31)20-8-9-22-19(15-20)7-10-24(29)27(22)16-23(28)25-21-6-4-3-5-18(21)2/h3-10,15,17H,11-14,16H2,1-2H3,(H,25,28). The van der Waals surface area contributed by atoms with E-state index in [9.17, 15) is 18.0 Å². The number of hydrogen-bond acceptors (Lipinski definition) is 4. The first-order valence-corrected chi connectivity index (χ1v) is 12.2. The molecule has 0 spiro atoms. The van der Waals surface area contributed by atoms with E-state index in [1.165, 1.54) is 21.0 Å². The lowest BCUT2D eigenvalue weighted by Gasteiger charge is -2.29. The van der Waals surface area contributed by atoms with E-state index in [1.807, 2.05) is 25.1 Å². The molecule has 0 unspecified atom stereocenters. The van der Waals surface area contributed by atoms with Gasteiger partial charge in [0, 0.05) is 24.8 Å². The van der Waals surface area contributed by atoms with Gasteiger partial charge in [-0.05, 0) is 67.0 Å². The molecule has 3 aromatic rings. The molecule has 0 atom stereocenters. The number of para-hydroxylation sites is 1. The second kappa shape index (κ2) is 8.88. The number of carbonyl (C=O) groups is 1. The van der Waals surface area contributed by atoms with E-state index in [-0.39, 0.29) is 22.9 Å². The highest BCUT2D eigenvalue weighted by molar-refractivity contribution is 7.89. The SMILES string of the molecule is Cc1ccccc1NC(=O)Cn1c(=O)ccc2cc(S(=O)(=O)N3CCC(C)CC3)ccc21. The van der Waals surface area contributed by atoms with Crippen molar-refractivity contribution in [3.05, 3.63) is 70.5 Å². The van der Waals surface area contributed by atoms with E-state index >= 15 is 0 Å². The van der Waals surface area contributed by atoms with Crippen LogP contribution in [0.1, 0.15) is 25.3 Å². The third-order valence-electron chi connectivity index (χ3n) is 6.06. The molecule has 1 aliphatic rings. The molecule has 2 heterocycles. The monoisotopic (exact) mass is 453 g/mol. The maximum Gasteiger partial charge on any atom is 0.251 e. The number of anilines is 1. The van der Waals surface area contributed by atoms with Gasteiger partial charge in [-0.3, -0.25) is 14.2 Å². The van der Waals surface area contributed by atoms with Crippen LogP contribution < -0.4 is 10.9 Å². The molecule has 0 bridgehead atoms. The van der Waals surface area contributed by atoms with Gasteiger partial charge in [0.05, 0.1) is 10.4 Å². The Labute approximate surface area is 187 Å². The number of fused-ring (bicyclic) bond motifs is 1. The Morgan fingerprint density at radius 2 is 1.78 bits per heavy atom. The highest BCUT2D eigenvalue weighted by atomic mass is 32.2. The molecule has 0 radical (unpaired) electrons. The van der Waals surface area contributed by atoms with Gasteiger partial charge in [-0.15, -0.1) is 0 Å². The topological polar surface area (TPSA) is 88.5 Å². The molecule has 8 heteroatoms. The van der Waals surface area contributed by atoms with Gasteiger partial charge in [0.1, 0.15) is 6.54 Å². The summed E-state index contributed by atoms with van der Waals surface area (Å²) in [6, 6.07) is 15.1. The van der Waals surface area contributed by atoms with Crippen LogP contribution in [0.2, 0.25) is 0 Å².